The zero-order valence-corrected chi connectivity index (χ0v) is 10.5. The van der Waals surface area contributed by atoms with Gasteiger partial charge >= 0.3 is 0 Å². The molecule has 3 nitrogen and oxygen atoms in total. The summed E-state index contributed by atoms with van der Waals surface area (Å²) in [5.74, 6) is 7.39. The van der Waals surface area contributed by atoms with E-state index in [0.717, 1.165) is 18.4 Å². The number of nitrogens with zero attached hydrogens (tertiary/aromatic N) is 1. The van der Waals surface area contributed by atoms with Crippen LogP contribution >= 0.6 is 0 Å². The largest absolute Gasteiger partial charge is 0.308 e. The van der Waals surface area contributed by atoms with Crippen molar-refractivity contribution in [1.82, 2.24) is 10.3 Å². The molecule has 0 aromatic rings. The van der Waals surface area contributed by atoms with E-state index >= 15 is 0 Å². The summed E-state index contributed by atoms with van der Waals surface area (Å²) in [5.41, 5.74) is 2.99. The van der Waals surface area contributed by atoms with Crippen molar-refractivity contribution in [3.63, 3.8) is 0 Å². The zero-order valence-electron chi connectivity index (χ0n) is 10.5. The van der Waals surface area contributed by atoms with Crippen molar-refractivity contribution in [2.24, 2.45) is 17.7 Å². The van der Waals surface area contributed by atoms with Gasteiger partial charge in [0.05, 0.1) is 0 Å². The average molecular weight is 213 g/mol. The fourth-order valence-corrected chi connectivity index (χ4v) is 2.73. The highest BCUT2D eigenvalue weighted by molar-refractivity contribution is 4.81. The van der Waals surface area contributed by atoms with E-state index in [-0.39, 0.29) is 0 Å². The number of rotatable bonds is 5. The summed E-state index contributed by atoms with van der Waals surface area (Å²) in [5, 5.41) is 0. The Morgan fingerprint density at radius 2 is 1.87 bits per heavy atom. The molecule has 0 spiro atoms. The molecule has 0 amide bonds. The Hall–Kier alpha value is -0.120. The van der Waals surface area contributed by atoms with Gasteiger partial charge in [-0.15, -0.1) is 0 Å². The number of hydrogen-bond donors (Lipinski definition) is 2. The molecular weight excluding hydrogens is 186 g/mol. The van der Waals surface area contributed by atoms with Crippen LogP contribution in [0.25, 0.3) is 0 Å². The highest BCUT2D eigenvalue weighted by atomic mass is 15.3. The van der Waals surface area contributed by atoms with Crippen molar-refractivity contribution in [3.8, 4) is 0 Å². The lowest BCUT2D eigenvalue weighted by molar-refractivity contribution is 0.191. The summed E-state index contributed by atoms with van der Waals surface area (Å²) >= 11 is 0. The topological polar surface area (TPSA) is 41.3 Å². The van der Waals surface area contributed by atoms with E-state index in [9.17, 15) is 0 Å². The second-order valence-corrected chi connectivity index (χ2v) is 5.22. The fourth-order valence-electron chi connectivity index (χ4n) is 2.73. The first-order chi connectivity index (χ1) is 7.17. The molecule has 0 aromatic carbocycles. The lowest BCUT2D eigenvalue weighted by atomic mass is 9.77. The van der Waals surface area contributed by atoms with Crippen molar-refractivity contribution in [2.75, 3.05) is 20.6 Å². The van der Waals surface area contributed by atoms with Crippen LogP contribution < -0.4 is 11.3 Å². The maximum absolute atomic E-state index is 5.64. The van der Waals surface area contributed by atoms with Crippen molar-refractivity contribution in [1.29, 1.82) is 0 Å². The average Bonchev–Trinajstić information content (AvgIpc) is 2.26. The van der Waals surface area contributed by atoms with Gasteiger partial charge in [-0.25, -0.2) is 0 Å². The van der Waals surface area contributed by atoms with Crippen LogP contribution in [-0.4, -0.2) is 31.6 Å². The summed E-state index contributed by atoms with van der Waals surface area (Å²) in [6.07, 6.45) is 6.84. The van der Waals surface area contributed by atoms with E-state index in [2.05, 4.69) is 31.3 Å². The third-order valence-corrected chi connectivity index (χ3v) is 3.81. The van der Waals surface area contributed by atoms with Crippen molar-refractivity contribution < 1.29 is 0 Å². The van der Waals surface area contributed by atoms with Gasteiger partial charge in [-0.3, -0.25) is 11.3 Å². The minimum absolute atomic E-state index is 0.470. The summed E-state index contributed by atoms with van der Waals surface area (Å²) in [6, 6.07) is 0.470. The van der Waals surface area contributed by atoms with Gasteiger partial charge in [0.25, 0.3) is 0 Å². The van der Waals surface area contributed by atoms with E-state index in [1.807, 2.05) is 0 Å². The first kappa shape index (κ1) is 12.9. The van der Waals surface area contributed by atoms with Crippen molar-refractivity contribution >= 4 is 0 Å². The van der Waals surface area contributed by atoms with Crippen LogP contribution in [-0.2, 0) is 0 Å². The molecule has 0 aliphatic heterocycles. The lowest BCUT2D eigenvalue weighted by Gasteiger charge is -2.34. The van der Waals surface area contributed by atoms with Gasteiger partial charge in [0, 0.05) is 12.6 Å². The molecule has 1 atom stereocenters. The van der Waals surface area contributed by atoms with E-state index in [0.29, 0.717) is 6.04 Å². The molecule has 1 rings (SSSR count). The normalized spacial score (nSPS) is 29.4. The fraction of sp³-hybridized carbons (Fsp3) is 1.00. The maximum Gasteiger partial charge on any atom is 0.0365 e. The Balaban J connectivity index is 2.35. The van der Waals surface area contributed by atoms with Crippen LogP contribution in [0.15, 0.2) is 0 Å². The zero-order chi connectivity index (χ0) is 11.3. The monoisotopic (exact) mass is 213 g/mol. The molecular formula is C12H27N3. The Bertz CT molecular complexity index is 162. The van der Waals surface area contributed by atoms with Crippen LogP contribution in [0.2, 0.25) is 0 Å². The van der Waals surface area contributed by atoms with Gasteiger partial charge in [0.15, 0.2) is 0 Å². The molecule has 1 aliphatic carbocycles. The maximum atomic E-state index is 5.64. The predicted molar refractivity (Wildman–Crippen MR) is 65.4 cm³/mol. The Kier molecular flexibility index (Phi) is 5.58. The van der Waals surface area contributed by atoms with Crippen LogP contribution in [0.3, 0.4) is 0 Å². The van der Waals surface area contributed by atoms with Crippen LogP contribution in [0.4, 0.5) is 0 Å². The standard InChI is InChI=1S/C12H27N3/c1-4-10-5-7-11(8-6-10)12(14-13)9-15(2)3/h10-12,14H,4-9,13H2,1-3H3. The number of nitrogens with one attached hydrogen (secondary N) is 1. The minimum atomic E-state index is 0.470. The van der Waals surface area contributed by atoms with E-state index in [4.69, 9.17) is 5.84 Å². The number of likely N-dealkylation sites (N-methyl/N-ethyl adjacent to an activating group) is 1. The Morgan fingerprint density at radius 3 is 2.27 bits per heavy atom. The highest BCUT2D eigenvalue weighted by Gasteiger charge is 2.26. The Labute approximate surface area is 94.4 Å². The van der Waals surface area contributed by atoms with Gasteiger partial charge in [0.2, 0.25) is 0 Å². The second kappa shape index (κ2) is 6.46. The van der Waals surface area contributed by atoms with Crippen LogP contribution in [0.1, 0.15) is 39.0 Å². The third kappa shape index (κ3) is 4.09. The van der Waals surface area contributed by atoms with E-state index in [1.165, 1.54) is 32.1 Å². The summed E-state index contributed by atoms with van der Waals surface area (Å²) < 4.78 is 0. The molecule has 1 aliphatic rings. The third-order valence-electron chi connectivity index (χ3n) is 3.81. The lowest BCUT2D eigenvalue weighted by Crippen LogP contribution is -2.48. The summed E-state index contributed by atoms with van der Waals surface area (Å²) in [7, 11) is 4.23. The molecule has 1 fully saturated rings. The van der Waals surface area contributed by atoms with Crippen LogP contribution in [0.5, 0.6) is 0 Å². The molecule has 15 heavy (non-hydrogen) atoms. The SMILES string of the molecule is CCC1CCC(C(CN(C)C)NN)CC1. The van der Waals surface area contributed by atoms with Gasteiger partial charge in [-0.2, -0.15) is 0 Å². The van der Waals surface area contributed by atoms with Gasteiger partial charge in [0.1, 0.15) is 0 Å². The smallest absolute Gasteiger partial charge is 0.0365 e. The summed E-state index contributed by atoms with van der Waals surface area (Å²) in [4.78, 5) is 2.22. The number of nitrogens with two attached hydrogens (primary N) is 1. The molecule has 0 saturated heterocycles. The highest BCUT2D eigenvalue weighted by Crippen LogP contribution is 2.32. The molecule has 1 saturated carbocycles. The molecule has 0 radical (unpaired) electrons. The quantitative estimate of drug-likeness (QED) is 0.538. The molecule has 0 heterocycles. The summed E-state index contributed by atoms with van der Waals surface area (Å²) in [6.45, 7) is 3.36. The second-order valence-electron chi connectivity index (χ2n) is 5.22. The van der Waals surface area contributed by atoms with E-state index < -0.39 is 0 Å². The van der Waals surface area contributed by atoms with E-state index in [1.54, 1.807) is 0 Å². The van der Waals surface area contributed by atoms with Crippen LogP contribution in [0, 0.1) is 11.8 Å². The molecule has 90 valence electrons. The molecule has 3 heteroatoms. The molecule has 0 aromatic heterocycles. The van der Waals surface area contributed by atoms with Crippen molar-refractivity contribution in [3.05, 3.63) is 0 Å². The first-order valence-corrected chi connectivity index (χ1v) is 6.28. The number of hydrazine groups is 1. The minimum Gasteiger partial charge on any atom is -0.308 e. The molecule has 0 bridgehead atoms. The number of hydrogen-bond acceptors (Lipinski definition) is 3. The van der Waals surface area contributed by atoms with Gasteiger partial charge in [-0.1, -0.05) is 26.2 Å². The molecule has 1 unspecified atom stereocenters. The molecule has 3 N–H and O–H groups in total. The van der Waals surface area contributed by atoms with Gasteiger partial charge in [-0.05, 0) is 38.8 Å². The van der Waals surface area contributed by atoms with Crippen molar-refractivity contribution in [2.45, 2.75) is 45.1 Å². The first-order valence-electron chi connectivity index (χ1n) is 6.28. The predicted octanol–water partition coefficient (Wildman–Crippen LogP) is 1.60. The Morgan fingerprint density at radius 1 is 1.27 bits per heavy atom. The van der Waals surface area contributed by atoms with Gasteiger partial charge < -0.3 is 4.90 Å².